The predicted molar refractivity (Wildman–Crippen MR) is 74.2 cm³/mol. The van der Waals surface area contributed by atoms with Gasteiger partial charge in [-0.3, -0.25) is 4.90 Å². The Morgan fingerprint density at radius 2 is 2.05 bits per heavy atom. The lowest BCUT2D eigenvalue weighted by Crippen LogP contribution is -2.64. The van der Waals surface area contributed by atoms with Crippen molar-refractivity contribution < 1.29 is 14.9 Å². The van der Waals surface area contributed by atoms with Gasteiger partial charge in [-0.2, -0.15) is 0 Å². The minimum absolute atomic E-state index is 0.248. The second kappa shape index (κ2) is 5.49. The minimum atomic E-state index is -0.589. The van der Waals surface area contributed by atoms with E-state index in [2.05, 4.69) is 4.90 Å². The molecule has 19 heavy (non-hydrogen) atoms. The number of nitrogens with zero attached hydrogens (tertiary/aromatic N) is 1. The van der Waals surface area contributed by atoms with E-state index in [0.29, 0.717) is 19.6 Å². The fourth-order valence-corrected chi connectivity index (χ4v) is 2.42. The molecule has 4 heteroatoms. The molecule has 2 N–H and O–H groups in total. The molecule has 0 aliphatic carbocycles. The Balaban J connectivity index is 1.90. The highest BCUT2D eigenvalue weighted by Crippen LogP contribution is 2.30. The Bertz CT molecular complexity index is 427. The highest BCUT2D eigenvalue weighted by Gasteiger charge is 2.43. The molecular formula is C15H23NO3. The molecule has 1 saturated heterocycles. The SMILES string of the molecule is COc1cccc(C(O)CN2CC(O)(C(C)C)C2)c1. The number of β-amino-alcohol motifs (C(OH)–C–C–N with tert-alkyl or cyclic N) is 2. The Morgan fingerprint density at radius 1 is 1.37 bits per heavy atom. The summed E-state index contributed by atoms with van der Waals surface area (Å²) in [5, 5.41) is 20.4. The lowest BCUT2D eigenvalue weighted by atomic mass is 9.83. The van der Waals surface area contributed by atoms with Gasteiger partial charge in [-0.05, 0) is 23.6 Å². The number of rotatable bonds is 5. The maximum Gasteiger partial charge on any atom is 0.119 e. The van der Waals surface area contributed by atoms with Gasteiger partial charge < -0.3 is 14.9 Å². The van der Waals surface area contributed by atoms with Gasteiger partial charge in [0, 0.05) is 19.6 Å². The van der Waals surface area contributed by atoms with Crippen molar-refractivity contribution in [2.45, 2.75) is 25.6 Å². The normalized spacial score (nSPS) is 20.1. The maximum absolute atomic E-state index is 10.2. The third-order valence-electron chi connectivity index (χ3n) is 3.98. The number of aliphatic hydroxyl groups excluding tert-OH is 1. The number of methoxy groups -OCH3 is 1. The average Bonchev–Trinajstić information content (AvgIpc) is 2.36. The van der Waals surface area contributed by atoms with Crippen molar-refractivity contribution in [2.24, 2.45) is 5.92 Å². The van der Waals surface area contributed by atoms with Gasteiger partial charge in [-0.15, -0.1) is 0 Å². The molecule has 0 spiro atoms. The van der Waals surface area contributed by atoms with Crippen LogP contribution in [0.15, 0.2) is 24.3 Å². The molecular weight excluding hydrogens is 242 g/mol. The first-order valence-electron chi connectivity index (χ1n) is 6.71. The van der Waals surface area contributed by atoms with E-state index in [1.54, 1.807) is 7.11 Å². The molecule has 1 fully saturated rings. The van der Waals surface area contributed by atoms with Gasteiger partial charge in [0.1, 0.15) is 5.75 Å². The van der Waals surface area contributed by atoms with Gasteiger partial charge in [0.15, 0.2) is 0 Å². The third kappa shape index (κ3) is 3.08. The van der Waals surface area contributed by atoms with E-state index < -0.39 is 11.7 Å². The van der Waals surface area contributed by atoms with E-state index in [-0.39, 0.29) is 5.92 Å². The quantitative estimate of drug-likeness (QED) is 0.845. The summed E-state index contributed by atoms with van der Waals surface area (Å²) in [4.78, 5) is 2.07. The molecule has 0 bridgehead atoms. The van der Waals surface area contributed by atoms with Gasteiger partial charge in [-0.1, -0.05) is 26.0 Å². The van der Waals surface area contributed by atoms with Crippen LogP contribution in [0.5, 0.6) is 5.75 Å². The largest absolute Gasteiger partial charge is 0.497 e. The smallest absolute Gasteiger partial charge is 0.119 e. The predicted octanol–water partition coefficient (Wildman–Crippen LogP) is 1.43. The molecule has 0 aromatic heterocycles. The summed E-state index contributed by atoms with van der Waals surface area (Å²) in [5.74, 6) is 0.997. The topological polar surface area (TPSA) is 52.9 Å². The van der Waals surface area contributed by atoms with Crippen LogP contribution in [0.3, 0.4) is 0 Å². The van der Waals surface area contributed by atoms with E-state index in [9.17, 15) is 10.2 Å². The Hall–Kier alpha value is -1.10. The fraction of sp³-hybridized carbons (Fsp3) is 0.600. The van der Waals surface area contributed by atoms with Crippen LogP contribution in [0.4, 0.5) is 0 Å². The van der Waals surface area contributed by atoms with E-state index in [1.807, 2.05) is 38.1 Å². The molecule has 1 aliphatic heterocycles. The first kappa shape index (κ1) is 14.3. The number of hydrogen-bond donors (Lipinski definition) is 2. The fourth-order valence-electron chi connectivity index (χ4n) is 2.42. The van der Waals surface area contributed by atoms with Gasteiger partial charge in [0.05, 0.1) is 18.8 Å². The van der Waals surface area contributed by atoms with E-state index >= 15 is 0 Å². The van der Waals surface area contributed by atoms with Crippen LogP contribution in [-0.2, 0) is 0 Å². The standard InChI is InChI=1S/C15H23NO3/c1-11(2)15(18)9-16(10-15)8-14(17)12-5-4-6-13(7-12)19-3/h4-7,11,14,17-18H,8-10H2,1-3H3. The first-order chi connectivity index (χ1) is 8.94. The molecule has 0 saturated carbocycles. The van der Waals surface area contributed by atoms with Gasteiger partial charge >= 0.3 is 0 Å². The summed E-state index contributed by atoms with van der Waals surface area (Å²) in [7, 11) is 1.61. The number of likely N-dealkylation sites (tertiary alicyclic amines) is 1. The lowest BCUT2D eigenvalue weighted by molar-refractivity contribution is -0.136. The van der Waals surface area contributed by atoms with E-state index in [1.165, 1.54) is 0 Å². The van der Waals surface area contributed by atoms with Crippen LogP contribution >= 0.6 is 0 Å². The van der Waals surface area contributed by atoms with Crippen molar-refractivity contribution in [2.75, 3.05) is 26.7 Å². The molecule has 1 aliphatic rings. The first-order valence-corrected chi connectivity index (χ1v) is 6.71. The lowest BCUT2D eigenvalue weighted by Gasteiger charge is -2.49. The van der Waals surface area contributed by atoms with Crippen molar-refractivity contribution in [1.29, 1.82) is 0 Å². The third-order valence-corrected chi connectivity index (χ3v) is 3.98. The summed E-state index contributed by atoms with van der Waals surface area (Å²) >= 11 is 0. The second-order valence-electron chi connectivity index (χ2n) is 5.72. The molecule has 2 rings (SSSR count). The van der Waals surface area contributed by atoms with Gasteiger partial charge in [-0.25, -0.2) is 0 Å². The highest BCUT2D eigenvalue weighted by molar-refractivity contribution is 5.30. The van der Waals surface area contributed by atoms with Crippen molar-refractivity contribution in [3.63, 3.8) is 0 Å². The second-order valence-corrected chi connectivity index (χ2v) is 5.72. The van der Waals surface area contributed by atoms with E-state index in [4.69, 9.17) is 4.74 Å². The maximum atomic E-state index is 10.2. The van der Waals surface area contributed by atoms with Crippen molar-refractivity contribution in [3.8, 4) is 5.75 Å². The molecule has 1 heterocycles. The van der Waals surface area contributed by atoms with E-state index in [0.717, 1.165) is 11.3 Å². The Labute approximate surface area is 114 Å². The molecule has 1 aromatic rings. The zero-order valence-corrected chi connectivity index (χ0v) is 11.8. The summed E-state index contributed by atoms with van der Waals surface area (Å²) in [6.45, 7) is 5.85. The molecule has 0 amide bonds. The number of benzene rings is 1. The molecule has 1 aromatic carbocycles. The average molecular weight is 265 g/mol. The molecule has 1 atom stereocenters. The highest BCUT2D eigenvalue weighted by atomic mass is 16.5. The van der Waals surface area contributed by atoms with Crippen LogP contribution < -0.4 is 4.74 Å². The zero-order chi connectivity index (χ0) is 14.0. The van der Waals surface area contributed by atoms with Crippen molar-refractivity contribution >= 4 is 0 Å². The molecule has 0 radical (unpaired) electrons. The van der Waals surface area contributed by atoms with Crippen molar-refractivity contribution in [1.82, 2.24) is 4.90 Å². The van der Waals surface area contributed by atoms with Crippen LogP contribution in [0.1, 0.15) is 25.5 Å². The Kier molecular flexibility index (Phi) is 4.13. The van der Waals surface area contributed by atoms with Crippen LogP contribution in [0, 0.1) is 5.92 Å². The number of ether oxygens (including phenoxy) is 1. The molecule has 106 valence electrons. The number of hydrogen-bond acceptors (Lipinski definition) is 4. The monoisotopic (exact) mass is 265 g/mol. The summed E-state index contributed by atoms with van der Waals surface area (Å²) in [5.41, 5.74) is 0.257. The minimum Gasteiger partial charge on any atom is -0.497 e. The van der Waals surface area contributed by atoms with Crippen molar-refractivity contribution in [3.05, 3.63) is 29.8 Å². The van der Waals surface area contributed by atoms with Crippen LogP contribution in [-0.4, -0.2) is 47.5 Å². The molecule has 4 nitrogen and oxygen atoms in total. The zero-order valence-electron chi connectivity index (χ0n) is 11.8. The van der Waals surface area contributed by atoms with Gasteiger partial charge in [0.2, 0.25) is 0 Å². The summed E-state index contributed by atoms with van der Waals surface area (Å²) < 4.78 is 5.15. The molecule has 1 unspecified atom stereocenters. The number of aliphatic hydroxyl groups is 2. The summed E-state index contributed by atoms with van der Waals surface area (Å²) in [6, 6.07) is 7.47. The Morgan fingerprint density at radius 3 is 2.63 bits per heavy atom. The van der Waals surface area contributed by atoms with Crippen LogP contribution in [0.25, 0.3) is 0 Å². The summed E-state index contributed by atoms with van der Waals surface area (Å²) in [6.07, 6.45) is -0.549. The van der Waals surface area contributed by atoms with Gasteiger partial charge in [0.25, 0.3) is 0 Å². The van der Waals surface area contributed by atoms with Crippen LogP contribution in [0.2, 0.25) is 0 Å².